The highest BCUT2D eigenvalue weighted by molar-refractivity contribution is 7.89. The van der Waals surface area contributed by atoms with Crippen LogP contribution in [0.3, 0.4) is 0 Å². The zero-order valence-electron chi connectivity index (χ0n) is 19.1. The molecular weight excluding hydrogens is 455 g/mol. The number of rotatable bonds is 7. The van der Waals surface area contributed by atoms with Crippen molar-refractivity contribution in [2.24, 2.45) is 5.92 Å². The van der Waals surface area contributed by atoms with Crippen molar-refractivity contribution in [3.8, 4) is 5.75 Å². The number of sulfonamides is 1. The van der Waals surface area contributed by atoms with Crippen LogP contribution in [0.15, 0.2) is 77.7 Å². The molecule has 1 amide bonds. The predicted octanol–water partition coefficient (Wildman–Crippen LogP) is 3.86. The van der Waals surface area contributed by atoms with E-state index in [4.69, 9.17) is 4.74 Å². The molecule has 8 heteroatoms. The van der Waals surface area contributed by atoms with Crippen LogP contribution in [-0.2, 0) is 21.4 Å². The maximum Gasteiger partial charge on any atom is 0.243 e. The summed E-state index contributed by atoms with van der Waals surface area (Å²) in [6.45, 7) is 2.47. The Bertz CT molecular complexity index is 1260. The summed E-state index contributed by atoms with van der Waals surface area (Å²) < 4.78 is 46.5. The fourth-order valence-electron chi connectivity index (χ4n) is 4.37. The monoisotopic (exact) mass is 482 g/mol. The lowest BCUT2D eigenvalue weighted by atomic mass is 9.86. The second-order valence-corrected chi connectivity index (χ2v) is 10.3. The number of ether oxygens (including phenoxy) is 1. The topological polar surface area (TPSA) is 75.7 Å². The molecule has 0 saturated carbocycles. The van der Waals surface area contributed by atoms with E-state index in [1.807, 2.05) is 31.2 Å². The van der Waals surface area contributed by atoms with Gasteiger partial charge in [0, 0.05) is 25.6 Å². The van der Waals surface area contributed by atoms with E-state index in [2.05, 4.69) is 5.32 Å². The van der Waals surface area contributed by atoms with Crippen molar-refractivity contribution in [3.63, 3.8) is 0 Å². The average molecular weight is 483 g/mol. The third-order valence-corrected chi connectivity index (χ3v) is 8.13. The molecule has 0 aliphatic carbocycles. The molecule has 34 heavy (non-hydrogen) atoms. The lowest BCUT2D eigenvalue weighted by molar-refractivity contribution is -0.125. The van der Waals surface area contributed by atoms with Gasteiger partial charge in [-0.15, -0.1) is 0 Å². The van der Waals surface area contributed by atoms with Crippen molar-refractivity contribution >= 4 is 15.9 Å². The number of aryl methyl sites for hydroxylation is 1. The Morgan fingerprint density at radius 3 is 2.35 bits per heavy atom. The SMILES string of the molecule is COc1ccc(S(=O)(=O)N2CC(C(=O)NCc3ccc(F)cc3)C(c3ccccc3C)C2)cc1. The maximum absolute atomic E-state index is 13.4. The Hall–Kier alpha value is -3.23. The number of carbonyl (C=O) groups excluding carboxylic acids is 1. The van der Waals surface area contributed by atoms with Crippen LogP contribution in [0, 0.1) is 18.7 Å². The molecule has 0 radical (unpaired) electrons. The molecule has 3 aromatic rings. The highest BCUT2D eigenvalue weighted by Gasteiger charge is 2.43. The van der Waals surface area contributed by atoms with Crippen LogP contribution in [-0.4, -0.2) is 38.8 Å². The second-order valence-electron chi connectivity index (χ2n) is 8.41. The van der Waals surface area contributed by atoms with E-state index < -0.39 is 15.9 Å². The summed E-state index contributed by atoms with van der Waals surface area (Å²) in [5.74, 6) is -0.858. The van der Waals surface area contributed by atoms with E-state index in [0.717, 1.165) is 16.7 Å². The zero-order valence-corrected chi connectivity index (χ0v) is 19.9. The summed E-state index contributed by atoms with van der Waals surface area (Å²) in [4.78, 5) is 13.4. The molecule has 1 aliphatic rings. The van der Waals surface area contributed by atoms with Crippen LogP contribution in [0.1, 0.15) is 22.6 Å². The predicted molar refractivity (Wildman–Crippen MR) is 127 cm³/mol. The minimum Gasteiger partial charge on any atom is -0.497 e. The molecule has 1 N–H and O–H groups in total. The van der Waals surface area contributed by atoms with Gasteiger partial charge < -0.3 is 10.1 Å². The highest BCUT2D eigenvalue weighted by atomic mass is 32.2. The zero-order chi connectivity index (χ0) is 24.3. The van der Waals surface area contributed by atoms with E-state index in [-0.39, 0.29) is 42.2 Å². The van der Waals surface area contributed by atoms with Crippen LogP contribution in [0.25, 0.3) is 0 Å². The molecule has 1 aliphatic heterocycles. The number of halogens is 1. The van der Waals surface area contributed by atoms with Gasteiger partial charge in [-0.25, -0.2) is 12.8 Å². The van der Waals surface area contributed by atoms with Crippen molar-refractivity contribution in [1.29, 1.82) is 0 Å². The lowest BCUT2D eigenvalue weighted by Crippen LogP contribution is -2.35. The van der Waals surface area contributed by atoms with Crippen molar-refractivity contribution in [1.82, 2.24) is 9.62 Å². The molecule has 3 aromatic carbocycles. The molecule has 2 unspecified atom stereocenters. The fourth-order valence-corrected chi connectivity index (χ4v) is 5.86. The summed E-state index contributed by atoms with van der Waals surface area (Å²) in [5, 5.41) is 2.91. The van der Waals surface area contributed by atoms with Crippen molar-refractivity contribution in [2.45, 2.75) is 24.3 Å². The number of benzene rings is 3. The standard InChI is InChI=1S/C26H27FN2O4S/c1-18-5-3-4-6-23(18)24-16-29(34(31,32)22-13-11-21(33-2)12-14-22)17-25(24)26(30)28-15-19-7-9-20(27)10-8-19/h3-14,24-25H,15-17H2,1-2H3,(H,28,30). The first-order valence-corrected chi connectivity index (χ1v) is 12.5. The first-order chi connectivity index (χ1) is 16.3. The molecule has 2 atom stereocenters. The van der Waals surface area contributed by atoms with E-state index in [0.29, 0.717) is 5.75 Å². The number of nitrogens with zero attached hydrogens (tertiary/aromatic N) is 1. The molecule has 0 spiro atoms. The van der Waals surface area contributed by atoms with Crippen molar-refractivity contribution < 1.29 is 22.3 Å². The molecule has 1 heterocycles. The largest absolute Gasteiger partial charge is 0.497 e. The van der Waals surface area contributed by atoms with E-state index in [1.54, 1.807) is 24.3 Å². The summed E-state index contributed by atoms with van der Waals surface area (Å²) in [6.07, 6.45) is 0. The maximum atomic E-state index is 13.4. The van der Waals surface area contributed by atoms with E-state index >= 15 is 0 Å². The summed E-state index contributed by atoms with van der Waals surface area (Å²) in [5.41, 5.74) is 2.73. The average Bonchev–Trinajstić information content (AvgIpc) is 3.30. The van der Waals surface area contributed by atoms with E-state index in [1.165, 1.54) is 35.7 Å². The van der Waals surface area contributed by atoms with Gasteiger partial charge >= 0.3 is 0 Å². The number of methoxy groups -OCH3 is 1. The van der Waals surface area contributed by atoms with Crippen LogP contribution < -0.4 is 10.1 Å². The number of hydrogen-bond acceptors (Lipinski definition) is 4. The Balaban J connectivity index is 1.59. The summed E-state index contributed by atoms with van der Waals surface area (Å²) in [6, 6.07) is 19.9. The van der Waals surface area contributed by atoms with Crippen LogP contribution >= 0.6 is 0 Å². The highest BCUT2D eigenvalue weighted by Crippen LogP contribution is 2.37. The lowest BCUT2D eigenvalue weighted by Gasteiger charge is -2.20. The molecule has 178 valence electrons. The minimum atomic E-state index is -3.80. The quantitative estimate of drug-likeness (QED) is 0.555. The van der Waals surface area contributed by atoms with Gasteiger partial charge in [0.1, 0.15) is 11.6 Å². The Kier molecular flexibility index (Phi) is 7.00. The van der Waals surface area contributed by atoms with Crippen LogP contribution in [0.5, 0.6) is 5.75 Å². The smallest absolute Gasteiger partial charge is 0.243 e. The van der Waals surface area contributed by atoms with Crippen LogP contribution in [0.2, 0.25) is 0 Å². The third kappa shape index (κ3) is 4.98. The minimum absolute atomic E-state index is 0.0720. The van der Waals surface area contributed by atoms with Gasteiger partial charge in [0.2, 0.25) is 15.9 Å². The summed E-state index contributed by atoms with van der Waals surface area (Å²) in [7, 11) is -2.28. The Labute approximate surface area is 199 Å². The van der Waals surface area contributed by atoms with Gasteiger partial charge in [-0.05, 0) is 60.0 Å². The molecular formula is C26H27FN2O4S. The van der Waals surface area contributed by atoms with Gasteiger partial charge in [0.15, 0.2) is 0 Å². The molecule has 6 nitrogen and oxygen atoms in total. The number of amides is 1. The molecule has 0 aromatic heterocycles. The van der Waals surface area contributed by atoms with Crippen LogP contribution in [0.4, 0.5) is 4.39 Å². The molecule has 0 bridgehead atoms. The Morgan fingerprint density at radius 2 is 1.71 bits per heavy atom. The van der Waals surface area contributed by atoms with Crippen molar-refractivity contribution in [2.75, 3.05) is 20.2 Å². The van der Waals surface area contributed by atoms with Gasteiger partial charge in [0.25, 0.3) is 0 Å². The summed E-state index contributed by atoms with van der Waals surface area (Å²) >= 11 is 0. The normalized spacial score (nSPS) is 18.6. The first kappa shape index (κ1) is 23.9. The third-order valence-electron chi connectivity index (χ3n) is 6.29. The van der Waals surface area contributed by atoms with Gasteiger partial charge in [-0.2, -0.15) is 4.31 Å². The molecule has 4 rings (SSSR count). The van der Waals surface area contributed by atoms with Crippen molar-refractivity contribution in [3.05, 3.63) is 95.3 Å². The number of hydrogen-bond donors (Lipinski definition) is 1. The number of carbonyl (C=O) groups is 1. The second kappa shape index (κ2) is 9.95. The Morgan fingerprint density at radius 1 is 1.03 bits per heavy atom. The number of nitrogens with one attached hydrogen (secondary N) is 1. The fraction of sp³-hybridized carbons (Fsp3) is 0.269. The van der Waals surface area contributed by atoms with Gasteiger partial charge in [0.05, 0.1) is 17.9 Å². The van der Waals surface area contributed by atoms with E-state index in [9.17, 15) is 17.6 Å². The molecule has 1 saturated heterocycles. The van der Waals surface area contributed by atoms with Gasteiger partial charge in [-0.3, -0.25) is 4.79 Å². The first-order valence-electron chi connectivity index (χ1n) is 11.0. The molecule has 1 fully saturated rings. The van der Waals surface area contributed by atoms with Gasteiger partial charge in [-0.1, -0.05) is 36.4 Å².